The molecule has 1 saturated heterocycles. The van der Waals surface area contributed by atoms with Gasteiger partial charge in [-0.1, -0.05) is 44.3 Å². The summed E-state index contributed by atoms with van der Waals surface area (Å²) < 4.78 is 19.3. The van der Waals surface area contributed by atoms with E-state index in [1.165, 1.54) is 49.5 Å². The number of esters is 1. The van der Waals surface area contributed by atoms with Crippen LogP contribution >= 0.6 is 0 Å². The highest BCUT2D eigenvalue weighted by Crippen LogP contribution is 2.40. The number of rotatable bonds is 5. The van der Waals surface area contributed by atoms with Gasteiger partial charge in [0, 0.05) is 8.80 Å². The smallest absolute Gasteiger partial charge is 0.338 e. The number of carbonyl (C=O) groups is 1. The third kappa shape index (κ3) is 5.19. The van der Waals surface area contributed by atoms with Gasteiger partial charge in [-0.05, 0) is 55.7 Å². The Bertz CT molecular complexity index is 686. The highest BCUT2D eigenvalue weighted by atomic mass is 28.3. The standard InChI is InChI=1S/C22H29FNO2Si/c1-2-11-27-12-9-17(10-13-27)16-5-7-20(8-6-16)26-22(25)18-3-4-19(15-24)21(23)14-18/h3-4,14,16-17,20H,2,5-13H2,1H3. The monoisotopic (exact) mass is 386 g/mol. The van der Waals surface area contributed by atoms with Crippen molar-refractivity contribution in [3.8, 4) is 6.07 Å². The average Bonchev–Trinajstić information content (AvgIpc) is 2.69. The van der Waals surface area contributed by atoms with Crippen LogP contribution in [0.15, 0.2) is 18.2 Å². The second kappa shape index (κ2) is 9.50. The van der Waals surface area contributed by atoms with E-state index < -0.39 is 11.8 Å². The minimum absolute atomic E-state index is 0.0528. The summed E-state index contributed by atoms with van der Waals surface area (Å²) in [5.74, 6) is 0.514. The number of nitrogens with zero attached hydrogens (tertiary/aromatic N) is 1. The molecule has 5 heteroatoms. The van der Waals surface area contributed by atoms with E-state index in [1.54, 1.807) is 6.07 Å². The first kappa shape index (κ1) is 20.1. The Labute approximate surface area is 163 Å². The maximum atomic E-state index is 13.7. The molecule has 0 amide bonds. The quantitative estimate of drug-likeness (QED) is 0.480. The summed E-state index contributed by atoms with van der Waals surface area (Å²) in [4.78, 5) is 12.3. The highest BCUT2D eigenvalue weighted by Gasteiger charge is 2.32. The minimum atomic E-state index is -0.670. The fourth-order valence-electron chi connectivity index (χ4n) is 4.75. The van der Waals surface area contributed by atoms with Gasteiger partial charge in [-0.15, -0.1) is 0 Å². The summed E-state index contributed by atoms with van der Waals surface area (Å²) >= 11 is 0. The molecular formula is C22H29FNO2Si. The third-order valence-corrected chi connectivity index (χ3v) is 9.52. The van der Waals surface area contributed by atoms with Crippen molar-refractivity contribution in [1.82, 2.24) is 0 Å². The minimum Gasteiger partial charge on any atom is -0.459 e. The summed E-state index contributed by atoms with van der Waals surface area (Å²) in [5, 5.41) is 8.78. The van der Waals surface area contributed by atoms with Gasteiger partial charge in [-0.2, -0.15) is 5.26 Å². The Hall–Kier alpha value is -1.67. The zero-order valence-corrected chi connectivity index (χ0v) is 17.2. The SMILES string of the molecule is CCC[Si]1CCC(C2CCC(OC(=O)c3ccc(C#N)c(F)c3)CC2)CC1. The van der Waals surface area contributed by atoms with E-state index in [4.69, 9.17) is 10.00 Å². The highest BCUT2D eigenvalue weighted by molar-refractivity contribution is 6.58. The molecule has 1 aromatic carbocycles. The summed E-state index contributed by atoms with van der Waals surface area (Å²) in [7, 11) is -0.0544. The fraction of sp³-hybridized carbons (Fsp3) is 0.636. The van der Waals surface area contributed by atoms with Crippen molar-refractivity contribution in [2.75, 3.05) is 0 Å². The van der Waals surface area contributed by atoms with Crippen LogP contribution < -0.4 is 0 Å². The van der Waals surface area contributed by atoms with E-state index in [0.717, 1.165) is 43.6 Å². The van der Waals surface area contributed by atoms with Crippen molar-refractivity contribution in [2.45, 2.75) is 76.1 Å². The zero-order chi connectivity index (χ0) is 19.2. The molecule has 0 spiro atoms. The first-order valence-corrected chi connectivity index (χ1v) is 12.5. The van der Waals surface area contributed by atoms with E-state index in [2.05, 4.69) is 6.92 Å². The average molecular weight is 387 g/mol. The van der Waals surface area contributed by atoms with E-state index in [9.17, 15) is 9.18 Å². The van der Waals surface area contributed by atoms with Gasteiger partial charge < -0.3 is 4.74 Å². The van der Waals surface area contributed by atoms with Crippen LogP contribution in [0.25, 0.3) is 0 Å². The molecule has 0 atom stereocenters. The third-order valence-electron chi connectivity index (χ3n) is 6.33. The molecule has 1 aromatic rings. The van der Waals surface area contributed by atoms with Crippen LogP contribution in [-0.4, -0.2) is 20.9 Å². The molecule has 0 unspecified atom stereocenters. The number of nitriles is 1. The Kier molecular flexibility index (Phi) is 7.06. The molecule has 3 rings (SSSR count). The number of halogens is 1. The van der Waals surface area contributed by atoms with E-state index in [1.807, 2.05) is 0 Å². The topological polar surface area (TPSA) is 50.1 Å². The molecule has 2 fully saturated rings. The van der Waals surface area contributed by atoms with Crippen LogP contribution in [-0.2, 0) is 4.74 Å². The second-order valence-corrected chi connectivity index (χ2v) is 11.1. The number of carbonyl (C=O) groups excluding carboxylic acids is 1. The first-order chi connectivity index (χ1) is 13.1. The van der Waals surface area contributed by atoms with Crippen molar-refractivity contribution in [3.63, 3.8) is 0 Å². The van der Waals surface area contributed by atoms with Gasteiger partial charge in [0.15, 0.2) is 0 Å². The largest absolute Gasteiger partial charge is 0.459 e. The summed E-state index contributed by atoms with van der Waals surface area (Å²) in [5.41, 5.74) is 0.134. The fourth-order valence-corrected chi connectivity index (χ4v) is 7.77. The molecule has 0 aromatic heterocycles. The van der Waals surface area contributed by atoms with Gasteiger partial charge in [0.25, 0.3) is 0 Å². The Morgan fingerprint density at radius 3 is 2.44 bits per heavy atom. The zero-order valence-electron chi connectivity index (χ0n) is 16.2. The summed E-state index contributed by atoms with van der Waals surface area (Å²) in [6.07, 6.45) is 8.22. The van der Waals surface area contributed by atoms with Gasteiger partial charge >= 0.3 is 5.97 Å². The van der Waals surface area contributed by atoms with Gasteiger partial charge in [-0.3, -0.25) is 0 Å². The molecule has 3 nitrogen and oxygen atoms in total. The number of benzene rings is 1. The van der Waals surface area contributed by atoms with Crippen LogP contribution in [0.5, 0.6) is 0 Å². The maximum Gasteiger partial charge on any atom is 0.338 e. The molecule has 0 N–H and O–H groups in total. The van der Waals surface area contributed by atoms with Crippen LogP contribution in [0.1, 0.15) is 67.8 Å². The lowest BCUT2D eigenvalue weighted by Crippen LogP contribution is -2.31. The Balaban J connectivity index is 1.45. The Morgan fingerprint density at radius 2 is 1.85 bits per heavy atom. The maximum absolute atomic E-state index is 13.7. The van der Waals surface area contributed by atoms with Crippen molar-refractivity contribution >= 4 is 14.8 Å². The summed E-state index contributed by atoms with van der Waals surface area (Å²) in [6, 6.07) is 10.1. The van der Waals surface area contributed by atoms with E-state index in [-0.39, 0.29) is 26.0 Å². The number of hydrogen-bond acceptors (Lipinski definition) is 3. The molecule has 1 aliphatic carbocycles. The predicted molar refractivity (Wildman–Crippen MR) is 105 cm³/mol. The molecule has 1 aliphatic heterocycles. The first-order valence-electron chi connectivity index (χ1n) is 10.3. The molecule has 145 valence electrons. The predicted octanol–water partition coefficient (Wildman–Crippen LogP) is 5.73. The lowest BCUT2D eigenvalue weighted by molar-refractivity contribution is 0.0126. The molecule has 27 heavy (non-hydrogen) atoms. The van der Waals surface area contributed by atoms with Crippen molar-refractivity contribution < 1.29 is 13.9 Å². The Morgan fingerprint density at radius 1 is 1.19 bits per heavy atom. The lowest BCUT2D eigenvalue weighted by atomic mass is 9.76. The van der Waals surface area contributed by atoms with Crippen molar-refractivity contribution in [2.24, 2.45) is 11.8 Å². The van der Waals surface area contributed by atoms with Gasteiger partial charge in [0.2, 0.25) is 0 Å². The van der Waals surface area contributed by atoms with Crippen LogP contribution in [0, 0.1) is 29.0 Å². The summed E-state index contributed by atoms with van der Waals surface area (Å²) in [6.45, 7) is 2.30. The molecule has 1 radical (unpaired) electrons. The molecule has 0 bridgehead atoms. The van der Waals surface area contributed by atoms with Crippen molar-refractivity contribution in [3.05, 3.63) is 35.1 Å². The lowest BCUT2D eigenvalue weighted by Gasteiger charge is -2.37. The second-order valence-electron chi connectivity index (χ2n) is 8.09. The molecular weight excluding hydrogens is 357 g/mol. The van der Waals surface area contributed by atoms with Gasteiger partial charge in [0.05, 0.1) is 11.1 Å². The number of ether oxygens (including phenoxy) is 1. The molecule has 1 saturated carbocycles. The molecule has 1 heterocycles. The van der Waals surface area contributed by atoms with E-state index >= 15 is 0 Å². The van der Waals surface area contributed by atoms with E-state index in [0.29, 0.717) is 0 Å². The normalized spacial score (nSPS) is 24.3. The van der Waals surface area contributed by atoms with Gasteiger partial charge in [-0.25, -0.2) is 9.18 Å². The van der Waals surface area contributed by atoms with Crippen LogP contribution in [0.3, 0.4) is 0 Å². The van der Waals surface area contributed by atoms with Crippen LogP contribution in [0.2, 0.25) is 18.1 Å². The van der Waals surface area contributed by atoms with Crippen LogP contribution in [0.4, 0.5) is 4.39 Å². The van der Waals surface area contributed by atoms with Crippen molar-refractivity contribution in [1.29, 1.82) is 5.26 Å². The number of hydrogen-bond donors (Lipinski definition) is 0. The molecule has 2 aliphatic rings. The van der Waals surface area contributed by atoms with Gasteiger partial charge in [0.1, 0.15) is 18.0 Å².